The number of carbonyl (C=O) groups excluding carboxylic acids is 1. The maximum atomic E-state index is 14.4. The fourth-order valence-electron chi connectivity index (χ4n) is 5.29. The first-order valence-electron chi connectivity index (χ1n) is 13.3. The largest absolute Gasteiger partial charge is 0.300 e. The summed E-state index contributed by atoms with van der Waals surface area (Å²) in [4.78, 5) is 14.4. The molecule has 0 radical (unpaired) electrons. The van der Waals surface area contributed by atoms with E-state index in [0.29, 0.717) is 22.2 Å². The number of ketones is 1. The van der Waals surface area contributed by atoms with Gasteiger partial charge in [-0.2, -0.15) is 0 Å². The molecular weight excluding hydrogens is 506 g/mol. The molecule has 0 atom stereocenters. The first-order valence-corrected chi connectivity index (χ1v) is 13.7. The Morgan fingerprint density at radius 2 is 1.05 bits per heavy atom. The third kappa shape index (κ3) is 4.95. The minimum absolute atomic E-state index is 0.0805. The SMILES string of the molecule is O=C(c1ccccc1)c1c(-c2ccccc2)c(Cc2ccccc2)c(-c2ccccc2)n(-c2ccccc2)c1=S. The second-order valence-electron chi connectivity index (χ2n) is 9.64. The van der Waals surface area contributed by atoms with Crippen LogP contribution in [0.5, 0.6) is 0 Å². The van der Waals surface area contributed by atoms with Crippen molar-refractivity contribution in [2.75, 3.05) is 0 Å². The van der Waals surface area contributed by atoms with Gasteiger partial charge in [-0.25, -0.2) is 0 Å². The molecule has 1 aromatic heterocycles. The highest BCUT2D eigenvalue weighted by atomic mass is 32.1. The second-order valence-corrected chi connectivity index (χ2v) is 10.0. The van der Waals surface area contributed by atoms with Crippen LogP contribution < -0.4 is 0 Å². The molecule has 0 unspecified atom stereocenters. The van der Waals surface area contributed by atoms with Crippen molar-refractivity contribution in [2.45, 2.75) is 6.42 Å². The molecule has 0 saturated carbocycles. The molecule has 1 heterocycles. The molecule has 5 aromatic carbocycles. The van der Waals surface area contributed by atoms with Crippen LogP contribution in [0, 0.1) is 4.64 Å². The number of nitrogens with zero attached hydrogens (tertiary/aromatic N) is 1. The van der Waals surface area contributed by atoms with Gasteiger partial charge in [-0.1, -0.05) is 152 Å². The first kappa shape index (κ1) is 25.4. The molecule has 2 nitrogen and oxygen atoms in total. The summed E-state index contributed by atoms with van der Waals surface area (Å²) < 4.78 is 2.58. The summed E-state index contributed by atoms with van der Waals surface area (Å²) in [6.07, 6.45) is 0.632. The van der Waals surface area contributed by atoms with Gasteiger partial charge in [0.05, 0.1) is 11.3 Å². The van der Waals surface area contributed by atoms with Crippen molar-refractivity contribution >= 4 is 18.0 Å². The Labute approximate surface area is 239 Å². The quantitative estimate of drug-likeness (QED) is 0.151. The number of rotatable bonds is 7. The van der Waals surface area contributed by atoms with Gasteiger partial charge in [-0.05, 0) is 34.4 Å². The van der Waals surface area contributed by atoms with Crippen molar-refractivity contribution in [1.82, 2.24) is 4.57 Å². The van der Waals surface area contributed by atoms with Crippen LogP contribution >= 0.6 is 12.2 Å². The highest BCUT2D eigenvalue weighted by molar-refractivity contribution is 7.71. The minimum Gasteiger partial charge on any atom is -0.300 e. The molecule has 0 spiro atoms. The van der Waals surface area contributed by atoms with Crippen LogP contribution in [0.3, 0.4) is 0 Å². The first-order chi connectivity index (χ1) is 19.7. The topological polar surface area (TPSA) is 22.0 Å². The molecule has 0 saturated heterocycles. The van der Waals surface area contributed by atoms with Crippen LogP contribution in [-0.2, 0) is 6.42 Å². The summed E-state index contributed by atoms with van der Waals surface area (Å²) >= 11 is 6.29. The Balaban J connectivity index is 1.81. The van der Waals surface area contributed by atoms with Gasteiger partial charge in [0.1, 0.15) is 4.64 Å². The van der Waals surface area contributed by atoms with E-state index in [9.17, 15) is 4.79 Å². The number of carbonyl (C=O) groups is 1. The average molecular weight is 534 g/mol. The molecule has 6 rings (SSSR count). The van der Waals surface area contributed by atoms with Gasteiger partial charge >= 0.3 is 0 Å². The molecule has 192 valence electrons. The fourth-order valence-corrected chi connectivity index (χ4v) is 5.68. The van der Waals surface area contributed by atoms with Crippen LogP contribution in [0.1, 0.15) is 27.0 Å². The molecular formula is C37H27NOS. The van der Waals surface area contributed by atoms with Crippen LogP contribution in [-0.4, -0.2) is 10.4 Å². The van der Waals surface area contributed by atoms with E-state index >= 15 is 0 Å². The standard InChI is InChI=1S/C37H27NOS/c39-36(30-22-12-4-13-23-30)34-33(28-18-8-2-9-19-28)32(26-27-16-6-1-7-17-27)35(29-20-10-3-11-21-29)38(37(34)40)31-24-14-5-15-25-31/h1-25H,26H2. The Hall–Kier alpha value is -4.86. The maximum absolute atomic E-state index is 14.4. The van der Waals surface area contributed by atoms with Crippen molar-refractivity contribution in [3.63, 3.8) is 0 Å². The normalized spacial score (nSPS) is 10.8. The van der Waals surface area contributed by atoms with Crippen molar-refractivity contribution in [1.29, 1.82) is 0 Å². The van der Waals surface area contributed by atoms with E-state index in [1.807, 2.05) is 103 Å². The van der Waals surface area contributed by atoms with Crippen LogP contribution in [0.15, 0.2) is 152 Å². The number of aromatic nitrogens is 1. The summed E-state index contributed by atoms with van der Waals surface area (Å²) in [5.41, 5.74) is 8.17. The zero-order valence-electron chi connectivity index (χ0n) is 21.9. The molecule has 0 amide bonds. The zero-order chi connectivity index (χ0) is 27.3. The second kappa shape index (κ2) is 11.5. The van der Waals surface area contributed by atoms with Crippen molar-refractivity contribution in [3.05, 3.63) is 179 Å². The summed E-state index contributed by atoms with van der Waals surface area (Å²) in [6, 6.07) is 50.5. The van der Waals surface area contributed by atoms with Gasteiger partial charge < -0.3 is 0 Å². The molecule has 0 N–H and O–H groups in total. The van der Waals surface area contributed by atoms with E-state index in [-0.39, 0.29) is 5.78 Å². The Morgan fingerprint density at radius 1 is 0.575 bits per heavy atom. The maximum Gasteiger partial charge on any atom is 0.196 e. The van der Waals surface area contributed by atoms with E-state index < -0.39 is 0 Å². The minimum atomic E-state index is -0.0805. The van der Waals surface area contributed by atoms with Crippen LogP contribution in [0.4, 0.5) is 0 Å². The lowest BCUT2D eigenvalue weighted by atomic mass is 9.86. The van der Waals surface area contributed by atoms with Crippen LogP contribution in [0.25, 0.3) is 28.1 Å². The monoisotopic (exact) mass is 533 g/mol. The molecule has 0 aliphatic rings. The van der Waals surface area contributed by atoms with Gasteiger partial charge in [-0.15, -0.1) is 0 Å². The lowest BCUT2D eigenvalue weighted by Gasteiger charge is -2.25. The Morgan fingerprint density at radius 3 is 1.62 bits per heavy atom. The molecule has 0 aliphatic heterocycles. The zero-order valence-corrected chi connectivity index (χ0v) is 22.7. The number of pyridine rings is 1. The van der Waals surface area contributed by atoms with E-state index in [0.717, 1.165) is 39.2 Å². The van der Waals surface area contributed by atoms with Crippen molar-refractivity contribution in [2.24, 2.45) is 0 Å². The summed E-state index contributed by atoms with van der Waals surface area (Å²) in [6.45, 7) is 0. The molecule has 0 bridgehead atoms. The predicted octanol–water partition coefficient (Wildman–Crippen LogP) is 9.36. The highest BCUT2D eigenvalue weighted by Crippen LogP contribution is 2.40. The van der Waals surface area contributed by atoms with Gasteiger partial charge in [-0.3, -0.25) is 9.36 Å². The lowest BCUT2D eigenvalue weighted by molar-refractivity contribution is 0.103. The number of hydrogen-bond donors (Lipinski definition) is 0. The van der Waals surface area contributed by atoms with E-state index in [4.69, 9.17) is 12.2 Å². The number of benzene rings is 5. The Kier molecular flexibility index (Phi) is 7.30. The lowest BCUT2D eigenvalue weighted by Crippen LogP contribution is -2.16. The smallest absolute Gasteiger partial charge is 0.196 e. The number of para-hydroxylation sites is 1. The van der Waals surface area contributed by atoms with Crippen LogP contribution in [0.2, 0.25) is 0 Å². The van der Waals surface area contributed by atoms with E-state index in [2.05, 4.69) is 53.1 Å². The van der Waals surface area contributed by atoms with Crippen molar-refractivity contribution < 1.29 is 4.79 Å². The van der Waals surface area contributed by atoms with E-state index in [1.165, 1.54) is 0 Å². The third-order valence-corrected chi connectivity index (χ3v) is 7.48. The highest BCUT2D eigenvalue weighted by Gasteiger charge is 2.27. The molecule has 0 aliphatic carbocycles. The van der Waals surface area contributed by atoms with E-state index in [1.54, 1.807) is 0 Å². The third-order valence-electron chi connectivity index (χ3n) is 7.09. The van der Waals surface area contributed by atoms with Gasteiger partial charge in [0, 0.05) is 23.2 Å². The van der Waals surface area contributed by atoms with Gasteiger partial charge in [0.15, 0.2) is 5.78 Å². The molecule has 3 heteroatoms. The van der Waals surface area contributed by atoms with Crippen molar-refractivity contribution in [3.8, 4) is 28.1 Å². The molecule has 6 aromatic rings. The average Bonchev–Trinajstić information content (AvgIpc) is 3.03. The van der Waals surface area contributed by atoms with Gasteiger partial charge in [0.25, 0.3) is 0 Å². The number of hydrogen-bond acceptors (Lipinski definition) is 2. The summed E-state index contributed by atoms with van der Waals surface area (Å²) in [5.74, 6) is -0.0805. The Bertz CT molecular complexity index is 1810. The van der Waals surface area contributed by atoms with Gasteiger partial charge in [0.2, 0.25) is 0 Å². The predicted molar refractivity (Wildman–Crippen MR) is 167 cm³/mol. The molecule has 40 heavy (non-hydrogen) atoms. The fraction of sp³-hybridized carbons (Fsp3) is 0.0270. The summed E-state index contributed by atoms with van der Waals surface area (Å²) in [5, 5.41) is 0. The molecule has 0 fully saturated rings. The summed E-state index contributed by atoms with van der Waals surface area (Å²) in [7, 11) is 0.